The SMILES string of the molecule is C=C[C@H]1CN2CC[C@H]1C[C@@H]2[C@H](NC(=O)c1ccccc1OCC)c1ccnc2ccccc12. The molecule has 1 unspecified atom stereocenters. The number of carbonyl (C=O) groups is 1. The highest BCUT2D eigenvalue weighted by molar-refractivity contribution is 5.97. The Balaban J connectivity index is 1.54. The van der Waals surface area contributed by atoms with E-state index in [4.69, 9.17) is 4.74 Å². The van der Waals surface area contributed by atoms with Gasteiger partial charge in [-0.05, 0) is 68.0 Å². The number of piperidine rings is 3. The lowest BCUT2D eigenvalue weighted by atomic mass is 9.73. The zero-order valence-electron chi connectivity index (χ0n) is 19.1. The molecule has 3 aliphatic rings. The Hall–Kier alpha value is -3.18. The maximum Gasteiger partial charge on any atom is 0.255 e. The van der Waals surface area contributed by atoms with E-state index in [1.165, 1.54) is 6.42 Å². The fourth-order valence-corrected chi connectivity index (χ4v) is 5.65. The average Bonchev–Trinajstić information content (AvgIpc) is 2.87. The topological polar surface area (TPSA) is 54.5 Å². The third-order valence-electron chi connectivity index (χ3n) is 7.27. The summed E-state index contributed by atoms with van der Waals surface area (Å²) in [4.78, 5) is 20.7. The van der Waals surface area contributed by atoms with Gasteiger partial charge in [-0.15, -0.1) is 6.58 Å². The van der Waals surface area contributed by atoms with Crippen LogP contribution in [0.1, 0.15) is 41.7 Å². The quantitative estimate of drug-likeness (QED) is 0.524. The summed E-state index contributed by atoms with van der Waals surface area (Å²) in [6.45, 7) is 8.58. The van der Waals surface area contributed by atoms with Gasteiger partial charge in [0.25, 0.3) is 5.91 Å². The smallest absolute Gasteiger partial charge is 0.255 e. The summed E-state index contributed by atoms with van der Waals surface area (Å²) in [5.41, 5.74) is 2.64. The van der Waals surface area contributed by atoms with E-state index < -0.39 is 0 Å². The molecule has 2 bridgehead atoms. The molecule has 0 saturated carbocycles. The molecular formula is C28H31N3O2. The first-order valence-electron chi connectivity index (χ1n) is 11.9. The molecule has 4 heterocycles. The van der Waals surface area contributed by atoms with Crippen LogP contribution in [-0.4, -0.2) is 41.5 Å². The van der Waals surface area contributed by atoms with Crippen molar-refractivity contribution in [2.75, 3.05) is 19.7 Å². The van der Waals surface area contributed by atoms with E-state index in [0.717, 1.165) is 36.0 Å². The zero-order valence-corrected chi connectivity index (χ0v) is 19.1. The number of pyridine rings is 1. The number of hydrogen-bond donors (Lipinski definition) is 1. The van der Waals surface area contributed by atoms with Gasteiger partial charge in [0.2, 0.25) is 0 Å². The Morgan fingerprint density at radius 3 is 2.85 bits per heavy atom. The molecule has 1 amide bonds. The molecule has 170 valence electrons. The van der Waals surface area contributed by atoms with Crippen LogP contribution in [0.15, 0.2) is 73.4 Å². The Bertz CT molecular complexity index is 1160. The molecule has 33 heavy (non-hydrogen) atoms. The van der Waals surface area contributed by atoms with Crippen molar-refractivity contribution in [3.63, 3.8) is 0 Å². The van der Waals surface area contributed by atoms with Crippen molar-refractivity contribution in [1.29, 1.82) is 0 Å². The molecule has 3 fully saturated rings. The van der Waals surface area contributed by atoms with Gasteiger partial charge in [-0.2, -0.15) is 0 Å². The fourth-order valence-electron chi connectivity index (χ4n) is 5.65. The Kier molecular flexibility index (Phi) is 6.14. The Morgan fingerprint density at radius 2 is 2.06 bits per heavy atom. The highest BCUT2D eigenvalue weighted by Crippen LogP contribution is 2.42. The maximum atomic E-state index is 13.6. The number of carbonyl (C=O) groups excluding carboxylic acids is 1. The summed E-state index contributed by atoms with van der Waals surface area (Å²) in [5, 5.41) is 4.50. The number of rotatable bonds is 7. The minimum absolute atomic E-state index is 0.104. The monoisotopic (exact) mass is 441 g/mol. The van der Waals surface area contributed by atoms with Crippen molar-refractivity contribution in [1.82, 2.24) is 15.2 Å². The number of hydrogen-bond acceptors (Lipinski definition) is 4. The average molecular weight is 442 g/mol. The van der Waals surface area contributed by atoms with Gasteiger partial charge in [0, 0.05) is 24.2 Å². The van der Waals surface area contributed by atoms with Crippen LogP contribution in [0.3, 0.4) is 0 Å². The number of ether oxygens (including phenoxy) is 1. The van der Waals surface area contributed by atoms with Gasteiger partial charge in [-0.25, -0.2) is 0 Å². The first-order valence-corrected chi connectivity index (χ1v) is 11.9. The molecule has 5 nitrogen and oxygen atoms in total. The molecule has 0 radical (unpaired) electrons. The molecule has 3 aliphatic heterocycles. The summed E-state index contributed by atoms with van der Waals surface area (Å²) < 4.78 is 5.75. The predicted molar refractivity (Wildman–Crippen MR) is 131 cm³/mol. The number of benzene rings is 2. The van der Waals surface area contributed by atoms with E-state index >= 15 is 0 Å². The van der Waals surface area contributed by atoms with Crippen LogP contribution in [0.5, 0.6) is 5.75 Å². The summed E-state index contributed by atoms with van der Waals surface area (Å²) in [7, 11) is 0. The van der Waals surface area contributed by atoms with E-state index in [1.54, 1.807) is 0 Å². The molecule has 2 aromatic carbocycles. The molecule has 5 heteroatoms. The van der Waals surface area contributed by atoms with E-state index in [9.17, 15) is 4.79 Å². The summed E-state index contributed by atoms with van der Waals surface area (Å²) in [5.74, 6) is 1.65. The molecule has 6 rings (SSSR count). The van der Waals surface area contributed by atoms with Crippen molar-refractivity contribution in [2.24, 2.45) is 11.8 Å². The fraction of sp³-hybridized carbons (Fsp3) is 0.357. The van der Waals surface area contributed by atoms with E-state index in [-0.39, 0.29) is 18.0 Å². The summed E-state index contributed by atoms with van der Waals surface area (Å²) in [6.07, 6.45) is 6.21. The zero-order chi connectivity index (χ0) is 22.8. The molecule has 3 aromatic rings. The summed E-state index contributed by atoms with van der Waals surface area (Å²) >= 11 is 0. The van der Waals surface area contributed by atoms with Crippen LogP contribution in [0.4, 0.5) is 0 Å². The van der Waals surface area contributed by atoms with Gasteiger partial charge < -0.3 is 10.1 Å². The lowest BCUT2D eigenvalue weighted by Gasteiger charge is -2.51. The normalized spacial score (nSPS) is 24.9. The molecule has 3 saturated heterocycles. The van der Waals surface area contributed by atoms with Crippen LogP contribution >= 0.6 is 0 Å². The van der Waals surface area contributed by atoms with Crippen LogP contribution in [0.25, 0.3) is 10.9 Å². The second-order valence-electron chi connectivity index (χ2n) is 9.04. The Morgan fingerprint density at radius 1 is 1.24 bits per heavy atom. The molecule has 1 aromatic heterocycles. The lowest BCUT2D eigenvalue weighted by Crippen LogP contribution is -2.57. The number of nitrogens with zero attached hydrogens (tertiary/aromatic N) is 2. The van der Waals surface area contributed by atoms with E-state index in [1.807, 2.05) is 55.6 Å². The highest BCUT2D eigenvalue weighted by atomic mass is 16.5. The standard InChI is InChI=1S/C28H31N3O2/c1-3-19-18-31-16-14-20(19)17-25(31)27(22-13-15-29-24-11-7-5-9-21(22)24)30-28(32)23-10-6-8-12-26(23)33-4-2/h3,5-13,15,19-20,25,27H,1,4,14,16-18H2,2H3,(H,30,32)/t19-,20-,25+,27+/m0/s1. The van der Waals surface area contributed by atoms with E-state index in [0.29, 0.717) is 29.8 Å². The van der Waals surface area contributed by atoms with Gasteiger partial charge in [0.05, 0.1) is 23.7 Å². The van der Waals surface area contributed by atoms with Crippen LogP contribution < -0.4 is 10.1 Å². The highest BCUT2D eigenvalue weighted by Gasteiger charge is 2.43. The van der Waals surface area contributed by atoms with Crippen molar-refractivity contribution in [3.05, 3.63) is 84.6 Å². The van der Waals surface area contributed by atoms with Crippen molar-refractivity contribution >= 4 is 16.8 Å². The van der Waals surface area contributed by atoms with Gasteiger partial charge in [0.1, 0.15) is 5.75 Å². The van der Waals surface area contributed by atoms with E-state index in [2.05, 4.69) is 40.0 Å². The minimum Gasteiger partial charge on any atom is -0.493 e. The van der Waals surface area contributed by atoms with Crippen LogP contribution in [0, 0.1) is 11.8 Å². The third-order valence-corrected chi connectivity index (χ3v) is 7.27. The molecule has 5 atom stereocenters. The van der Waals surface area contributed by atoms with Crippen molar-refractivity contribution in [3.8, 4) is 5.75 Å². The predicted octanol–water partition coefficient (Wildman–Crippen LogP) is 5.00. The minimum atomic E-state index is -0.145. The second-order valence-corrected chi connectivity index (χ2v) is 9.04. The van der Waals surface area contributed by atoms with Crippen molar-refractivity contribution < 1.29 is 9.53 Å². The van der Waals surface area contributed by atoms with Crippen LogP contribution in [0.2, 0.25) is 0 Å². The number of nitrogens with one attached hydrogen (secondary N) is 1. The molecule has 0 aliphatic carbocycles. The van der Waals surface area contributed by atoms with Crippen molar-refractivity contribution in [2.45, 2.75) is 31.8 Å². The number of para-hydroxylation sites is 2. The third kappa shape index (κ3) is 4.13. The second kappa shape index (κ2) is 9.36. The van der Waals surface area contributed by atoms with Gasteiger partial charge in [0.15, 0.2) is 0 Å². The molecule has 1 N–H and O–H groups in total. The maximum absolute atomic E-state index is 13.6. The lowest BCUT2D eigenvalue weighted by molar-refractivity contribution is 0.00168. The van der Waals surface area contributed by atoms with Gasteiger partial charge >= 0.3 is 0 Å². The van der Waals surface area contributed by atoms with Gasteiger partial charge in [-0.1, -0.05) is 36.4 Å². The number of aromatic nitrogens is 1. The largest absolute Gasteiger partial charge is 0.493 e. The molecule has 0 spiro atoms. The first-order chi connectivity index (χ1) is 16.2. The number of fused-ring (bicyclic) bond motifs is 4. The first kappa shape index (κ1) is 21.7. The number of amides is 1. The van der Waals surface area contributed by atoms with Crippen LogP contribution in [-0.2, 0) is 0 Å². The van der Waals surface area contributed by atoms with Gasteiger partial charge in [-0.3, -0.25) is 14.7 Å². The molecular weight excluding hydrogens is 410 g/mol. The Labute approximate surface area is 195 Å². The summed E-state index contributed by atoms with van der Waals surface area (Å²) in [6, 6.07) is 17.8.